The molecule has 5 aromatic rings. The molecule has 0 unspecified atom stereocenters. The van der Waals surface area contributed by atoms with Crippen LogP contribution in [-0.4, -0.2) is 15.9 Å². The molecule has 0 aliphatic carbocycles. The first-order valence-corrected chi connectivity index (χ1v) is 11.2. The van der Waals surface area contributed by atoms with Gasteiger partial charge in [0.25, 0.3) is 5.91 Å². The third kappa shape index (κ3) is 4.53. The number of nitrogens with two attached hydrogens (primary N) is 1. The molecule has 3 heterocycles. The lowest BCUT2D eigenvalue weighted by Gasteiger charge is -2.08. The molecule has 0 aliphatic heterocycles. The lowest BCUT2D eigenvalue weighted by atomic mass is 10.1. The number of rotatable bonds is 6. The van der Waals surface area contributed by atoms with Crippen LogP contribution in [0.25, 0.3) is 21.5 Å². The zero-order chi connectivity index (χ0) is 22.6. The van der Waals surface area contributed by atoms with E-state index in [1.54, 1.807) is 24.5 Å². The van der Waals surface area contributed by atoms with Gasteiger partial charge in [0, 0.05) is 29.0 Å². The first-order valence-electron chi connectivity index (χ1n) is 10.3. The number of hydrogen-bond donors (Lipinski definition) is 2. The van der Waals surface area contributed by atoms with Gasteiger partial charge in [-0.3, -0.25) is 9.78 Å². The second-order valence-electron chi connectivity index (χ2n) is 7.39. The Bertz CT molecular complexity index is 1400. The number of thiophene rings is 1. The third-order valence-electron chi connectivity index (χ3n) is 5.12. The Hall–Kier alpha value is -4.23. The molecule has 0 saturated carbocycles. The Kier molecular flexibility index (Phi) is 5.70. The predicted molar refractivity (Wildman–Crippen MR) is 132 cm³/mol. The second-order valence-corrected chi connectivity index (χ2v) is 8.39. The van der Waals surface area contributed by atoms with E-state index in [2.05, 4.69) is 15.3 Å². The summed E-state index contributed by atoms with van der Waals surface area (Å²) in [6.45, 7) is 0.485. The lowest BCUT2D eigenvalue weighted by molar-refractivity contribution is 0.103. The summed E-state index contributed by atoms with van der Waals surface area (Å²) < 4.78 is 5.80. The van der Waals surface area contributed by atoms with Gasteiger partial charge >= 0.3 is 0 Å². The molecule has 0 atom stereocenters. The SMILES string of the molecule is Nc1c(C(=O)Nc2ccc(OCc3ccccc3)cc2)sc2nc(-c3cccnc3)ccc12. The summed E-state index contributed by atoms with van der Waals surface area (Å²) in [4.78, 5) is 22.9. The monoisotopic (exact) mass is 452 g/mol. The number of hydrogen-bond acceptors (Lipinski definition) is 6. The van der Waals surface area contributed by atoms with Crippen molar-refractivity contribution in [3.05, 3.63) is 102 Å². The third-order valence-corrected chi connectivity index (χ3v) is 6.23. The number of anilines is 2. The fourth-order valence-electron chi connectivity index (χ4n) is 3.40. The average Bonchev–Trinajstić information content (AvgIpc) is 3.20. The number of fused-ring (bicyclic) bond motifs is 1. The molecule has 0 fully saturated rings. The number of nitrogens with one attached hydrogen (secondary N) is 1. The molecule has 0 saturated heterocycles. The van der Waals surface area contributed by atoms with Crippen molar-refractivity contribution in [1.29, 1.82) is 0 Å². The van der Waals surface area contributed by atoms with E-state index in [1.165, 1.54) is 11.3 Å². The summed E-state index contributed by atoms with van der Waals surface area (Å²) >= 11 is 1.28. The second kappa shape index (κ2) is 9.10. The van der Waals surface area contributed by atoms with Gasteiger partial charge in [-0.2, -0.15) is 0 Å². The van der Waals surface area contributed by atoms with E-state index < -0.39 is 0 Å². The van der Waals surface area contributed by atoms with E-state index in [0.29, 0.717) is 27.7 Å². The van der Waals surface area contributed by atoms with Crippen molar-refractivity contribution < 1.29 is 9.53 Å². The van der Waals surface area contributed by atoms with Gasteiger partial charge in [-0.25, -0.2) is 4.98 Å². The minimum Gasteiger partial charge on any atom is -0.489 e. The fourth-order valence-corrected chi connectivity index (χ4v) is 4.39. The van der Waals surface area contributed by atoms with Crippen LogP contribution >= 0.6 is 11.3 Å². The smallest absolute Gasteiger partial charge is 0.267 e. The van der Waals surface area contributed by atoms with Crippen LogP contribution in [0.5, 0.6) is 5.75 Å². The summed E-state index contributed by atoms with van der Waals surface area (Å²) in [6, 6.07) is 24.8. The van der Waals surface area contributed by atoms with E-state index in [4.69, 9.17) is 10.5 Å². The summed E-state index contributed by atoms with van der Waals surface area (Å²) in [5, 5.41) is 3.67. The Balaban J connectivity index is 1.30. The summed E-state index contributed by atoms with van der Waals surface area (Å²) in [6.07, 6.45) is 3.47. The summed E-state index contributed by atoms with van der Waals surface area (Å²) in [7, 11) is 0. The summed E-state index contributed by atoms with van der Waals surface area (Å²) in [5.41, 5.74) is 10.2. The molecule has 0 aliphatic rings. The molecular formula is C26H20N4O2S. The zero-order valence-electron chi connectivity index (χ0n) is 17.6. The highest BCUT2D eigenvalue weighted by molar-refractivity contribution is 7.21. The van der Waals surface area contributed by atoms with E-state index in [9.17, 15) is 4.79 Å². The highest BCUT2D eigenvalue weighted by Crippen LogP contribution is 2.34. The highest BCUT2D eigenvalue weighted by Gasteiger charge is 2.18. The van der Waals surface area contributed by atoms with Crippen molar-refractivity contribution in [3.63, 3.8) is 0 Å². The van der Waals surface area contributed by atoms with Crippen LogP contribution in [0.2, 0.25) is 0 Å². The van der Waals surface area contributed by atoms with Gasteiger partial charge < -0.3 is 15.8 Å². The molecule has 1 amide bonds. The predicted octanol–water partition coefficient (Wildman–Crippen LogP) is 5.77. The van der Waals surface area contributed by atoms with Crippen molar-refractivity contribution in [2.24, 2.45) is 0 Å². The van der Waals surface area contributed by atoms with Crippen molar-refractivity contribution in [2.45, 2.75) is 6.61 Å². The molecule has 33 heavy (non-hydrogen) atoms. The number of ether oxygens (including phenoxy) is 1. The van der Waals surface area contributed by atoms with Gasteiger partial charge in [-0.05, 0) is 54.1 Å². The number of aromatic nitrogens is 2. The van der Waals surface area contributed by atoms with Crippen LogP contribution in [-0.2, 0) is 6.61 Å². The number of nitrogen functional groups attached to an aromatic ring is 1. The van der Waals surface area contributed by atoms with E-state index in [-0.39, 0.29) is 5.91 Å². The first kappa shape index (κ1) is 20.7. The molecule has 0 spiro atoms. The molecule has 2 aromatic carbocycles. The van der Waals surface area contributed by atoms with Gasteiger partial charge in [0.2, 0.25) is 0 Å². The Morgan fingerprint density at radius 1 is 0.970 bits per heavy atom. The Morgan fingerprint density at radius 2 is 1.79 bits per heavy atom. The first-order chi connectivity index (χ1) is 16.2. The quantitative estimate of drug-likeness (QED) is 0.341. The maximum Gasteiger partial charge on any atom is 0.267 e. The molecule has 5 rings (SSSR count). The van der Waals surface area contributed by atoms with E-state index in [1.807, 2.05) is 66.7 Å². The van der Waals surface area contributed by atoms with Gasteiger partial charge in [-0.15, -0.1) is 11.3 Å². The molecule has 3 aromatic heterocycles. The average molecular weight is 453 g/mol. The van der Waals surface area contributed by atoms with Crippen molar-refractivity contribution in [2.75, 3.05) is 11.1 Å². The van der Waals surface area contributed by atoms with Crippen LogP contribution in [0.3, 0.4) is 0 Å². The van der Waals surface area contributed by atoms with Gasteiger partial charge in [-0.1, -0.05) is 30.3 Å². The largest absolute Gasteiger partial charge is 0.489 e. The Labute approximate surface area is 194 Å². The van der Waals surface area contributed by atoms with Crippen LogP contribution < -0.4 is 15.8 Å². The van der Waals surface area contributed by atoms with Crippen LogP contribution in [0.4, 0.5) is 11.4 Å². The number of benzene rings is 2. The minimum atomic E-state index is -0.267. The Morgan fingerprint density at radius 3 is 2.55 bits per heavy atom. The number of carbonyl (C=O) groups excluding carboxylic acids is 1. The highest BCUT2D eigenvalue weighted by atomic mass is 32.1. The van der Waals surface area contributed by atoms with Crippen molar-refractivity contribution in [3.8, 4) is 17.0 Å². The zero-order valence-corrected chi connectivity index (χ0v) is 18.4. The molecule has 7 heteroatoms. The minimum absolute atomic E-state index is 0.267. The molecule has 0 bridgehead atoms. The summed E-state index contributed by atoms with van der Waals surface area (Å²) in [5.74, 6) is 0.460. The fraction of sp³-hybridized carbons (Fsp3) is 0.0385. The molecule has 6 nitrogen and oxygen atoms in total. The van der Waals surface area contributed by atoms with Crippen LogP contribution in [0.1, 0.15) is 15.2 Å². The van der Waals surface area contributed by atoms with Crippen LogP contribution in [0.15, 0.2) is 91.3 Å². The van der Waals surface area contributed by atoms with Gasteiger partial charge in [0.15, 0.2) is 0 Å². The molecule has 3 N–H and O–H groups in total. The van der Waals surface area contributed by atoms with Crippen LogP contribution in [0, 0.1) is 0 Å². The number of pyridine rings is 2. The normalized spacial score (nSPS) is 10.8. The van der Waals surface area contributed by atoms with Gasteiger partial charge in [0.05, 0.1) is 11.4 Å². The van der Waals surface area contributed by atoms with Gasteiger partial charge in [0.1, 0.15) is 22.1 Å². The van der Waals surface area contributed by atoms with Crippen molar-refractivity contribution >= 4 is 38.8 Å². The lowest BCUT2D eigenvalue weighted by Crippen LogP contribution is -2.11. The van der Waals surface area contributed by atoms with E-state index >= 15 is 0 Å². The number of amides is 1. The maximum atomic E-state index is 12.9. The molecule has 0 radical (unpaired) electrons. The topological polar surface area (TPSA) is 90.1 Å². The van der Waals surface area contributed by atoms with Crippen molar-refractivity contribution in [1.82, 2.24) is 9.97 Å². The number of nitrogens with zero attached hydrogens (tertiary/aromatic N) is 2. The number of carbonyl (C=O) groups is 1. The maximum absolute atomic E-state index is 12.9. The standard InChI is InChI=1S/C26H20N4O2S/c27-23-21-12-13-22(18-7-4-14-28-15-18)30-26(21)33-24(23)25(31)29-19-8-10-20(11-9-19)32-16-17-5-2-1-3-6-17/h1-15H,16,27H2,(H,29,31). The molecular weight excluding hydrogens is 432 g/mol. The molecule has 162 valence electrons. The van der Waals surface area contributed by atoms with E-state index in [0.717, 1.165) is 28.0 Å².